The minimum Gasteiger partial charge on any atom is -0.372 e. The third-order valence-corrected chi connectivity index (χ3v) is 7.79. The summed E-state index contributed by atoms with van der Waals surface area (Å²) in [5.74, 6) is -1.75. The molecule has 2 aromatic carbocycles. The van der Waals surface area contributed by atoms with Crippen LogP contribution in [0, 0.1) is 5.92 Å². The molecule has 2 aromatic rings. The number of hydrogen-bond donors (Lipinski definition) is 3. The van der Waals surface area contributed by atoms with Crippen LogP contribution in [0.4, 0.5) is 22.7 Å². The fourth-order valence-corrected chi connectivity index (χ4v) is 5.71. The minimum absolute atomic E-state index is 0.141. The molecular weight excluding hydrogens is 466 g/mol. The second kappa shape index (κ2) is 11.0. The summed E-state index contributed by atoms with van der Waals surface area (Å²) in [5, 5.41) is 2.74. The second-order valence-electron chi connectivity index (χ2n) is 9.18. The van der Waals surface area contributed by atoms with Crippen molar-refractivity contribution in [3.63, 3.8) is 0 Å². The smallest absolute Gasteiger partial charge is 0.241 e. The van der Waals surface area contributed by atoms with Crippen molar-refractivity contribution >= 4 is 44.6 Å². The van der Waals surface area contributed by atoms with Crippen molar-refractivity contribution in [2.24, 2.45) is 11.7 Å². The number of benzene rings is 2. The SMILES string of the molecule is NC(=O)C1CCN(c2ccccc2NC(=O)CS(=O)(=O)Nc2ccc(N3CCCCC3)cc2)CC1. The maximum absolute atomic E-state index is 12.6. The summed E-state index contributed by atoms with van der Waals surface area (Å²) in [4.78, 5) is 28.5. The molecule has 2 saturated heterocycles. The van der Waals surface area contributed by atoms with Gasteiger partial charge < -0.3 is 20.9 Å². The molecule has 2 fully saturated rings. The monoisotopic (exact) mass is 499 g/mol. The van der Waals surface area contributed by atoms with Crippen LogP contribution in [0.25, 0.3) is 0 Å². The zero-order chi connectivity index (χ0) is 24.8. The van der Waals surface area contributed by atoms with E-state index in [2.05, 4.69) is 19.8 Å². The van der Waals surface area contributed by atoms with Crippen molar-refractivity contribution < 1.29 is 18.0 Å². The first-order valence-electron chi connectivity index (χ1n) is 12.1. The highest BCUT2D eigenvalue weighted by molar-refractivity contribution is 7.93. The van der Waals surface area contributed by atoms with E-state index in [0.29, 0.717) is 37.3 Å². The summed E-state index contributed by atoms with van der Waals surface area (Å²) >= 11 is 0. The van der Waals surface area contributed by atoms with Crippen LogP contribution in [0.15, 0.2) is 48.5 Å². The summed E-state index contributed by atoms with van der Waals surface area (Å²) in [5.41, 5.74) is 8.25. The molecule has 35 heavy (non-hydrogen) atoms. The number of rotatable bonds is 8. The molecule has 10 heteroatoms. The van der Waals surface area contributed by atoms with E-state index >= 15 is 0 Å². The number of sulfonamides is 1. The average Bonchev–Trinajstić information content (AvgIpc) is 2.85. The maximum atomic E-state index is 12.6. The number of para-hydroxylation sites is 2. The quantitative estimate of drug-likeness (QED) is 0.513. The third kappa shape index (κ3) is 6.66. The Kier molecular flexibility index (Phi) is 7.80. The Balaban J connectivity index is 1.35. The van der Waals surface area contributed by atoms with Gasteiger partial charge in [-0.2, -0.15) is 0 Å². The number of amides is 2. The molecule has 9 nitrogen and oxygen atoms in total. The molecule has 2 aliphatic heterocycles. The van der Waals surface area contributed by atoms with Crippen LogP contribution in [0.2, 0.25) is 0 Å². The number of carbonyl (C=O) groups is 2. The molecule has 2 aliphatic rings. The Morgan fingerprint density at radius 2 is 1.54 bits per heavy atom. The Labute approximate surface area is 206 Å². The zero-order valence-corrected chi connectivity index (χ0v) is 20.6. The predicted octanol–water partition coefficient (Wildman–Crippen LogP) is 2.76. The summed E-state index contributed by atoms with van der Waals surface area (Å²) in [6.45, 7) is 3.29. The fourth-order valence-electron chi connectivity index (χ4n) is 4.73. The predicted molar refractivity (Wildman–Crippen MR) is 139 cm³/mol. The highest BCUT2D eigenvalue weighted by Crippen LogP contribution is 2.30. The molecule has 0 radical (unpaired) electrons. The first kappa shape index (κ1) is 24.8. The Morgan fingerprint density at radius 3 is 2.20 bits per heavy atom. The van der Waals surface area contributed by atoms with E-state index in [-0.39, 0.29) is 11.8 Å². The number of primary amides is 1. The summed E-state index contributed by atoms with van der Waals surface area (Å²) < 4.78 is 27.8. The topological polar surface area (TPSA) is 125 Å². The summed E-state index contributed by atoms with van der Waals surface area (Å²) in [7, 11) is -3.89. The van der Waals surface area contributed by atoms with Crippen LogP contribution in [-0.4, -0.2) is 52.2 Å². The van der Waals surface area contributed by atoms with E-state index in [1.807, 2.05) is 24.3 Å². The van der Waals surface area contributed by atoms with Gasteiger partial charge in [-0.3, -0.25) is 14.3 Å². The lowest BCUT2D eigenvalue weighted by Gasteiger charge is -2.33. The van der Waals surface area contributed by atoms with E-state index in [1.54, 1.807) is 24.3 Å². The number of carbonyl (C=O) groups excluding carboxylic acids is 2. The molecule has 0 atom stereocenters. The first-order valence-corrected chi connectivity index (χ1v) is 13.7. The summed E-state index contributed by atoms with van der Waals surface area (Å²) in [6.07, 6.45) is 4.87. The van der Waals surface area contributed by atoms with Crippen LogP contribution < -0.4 is 25.6 Å². The van der Waals surface area contributed by atoms with Gasteiger partial charge in [-0.05, 0) is 68.5 Å². The molecule has 0 bridgehead atoms. The zero-order valence-electron chi connectivity index (χ0n) is 19.8. The van der Waals surface area contributed by atoms with Gasteiger partial charge >= 0.3 is 0 Å². The van der Waals surface area contributed by atoms with Gasteiger partial charge in [0.05, 0.1) is 11.4 Å². The summed E-state index contributed by atoms with van der Waals surface area (Å²) in [6, 6.07) is 14.5. The van der Waals surface area contributed by atoms with E-state index in [4.69, 9.17) is 5.73 Å². The fraction of sp³-hybridized carbons (Fsp3) is 0.440. The van der Waals surface area contributed by atoms with Gasteiger partial charge in [-0.25, -0.2) is 8.42 Å². The van der Waals surface area contributed by atoms with Gasteiger partial charge in [0.25, 0.3) is 0 Å². The number of piperidine rings is 2. The van der Waals surface area contributed by atoms with Gasteiger partial charge in [0.15, 0.2) is 0 Å². The van der Waals surface area contributed by atoms with Crippen LogP contribution >= 0.6 is 0 Å². The second-order valence-corrected chi connectivity index (χ2v) is 10.9. The molecule has 0 unspecified atom stereocenters. The van der Waals surface area contributed by atoms with E-state index in [0.717, 1.165) is 37.3 Å². The van der Waals surface area contributed by atoms with Gasteiger partial charge in [0, 0.05) is 43.5 Å². The van der Waals surface area contributed by atoms with Crippen molar-refractivity contribution in [1.82, 2.24) is 0 Å². The molecule has 2 heterocycles. The van der Waals surface area contributed by atoms with Crippen molar-refractivity contribution in [3.05, 3.63) is 48.5 Å². The lowest BCUT2D eigenvalue weighted by atomic mass is 9.96. The molecule has 0 aromatic heterocycles. The number of anilines is 4. The van der Waals surface area contributed by atoms with Crippen molar-refractivity contribution in [1.29, 1.82) is 0 Å². The number of nitrogens with zero attached hydrogens (tertiary/aromatic N) is 2. The Bertz CT molecular complexity index is 1140. The number of nitrogens with two attached hydrogens (primary N) is 1. The van der Waals surface area contributed by atoms with E-state index in [9.17, 15) is 18.0 Å². The van der Waals surface area contributed by atoms with Crippen molar-refractivity contribution in [2.45, 2.75) is 32.1 Å². The van der Waals surface area contributed by atoms with Gasteiger partial charge in [-0.15, -0.1) is 0 Å². The first-order chi connectivity index (χ1) is 16.8. The van der Waals surface area contributed by atoms with Crippen molar-refractivity contribution in [2.75, 3.05) is 51.8 Å². The molecule has 4 rings (SSSR count). The van der Waals surface area contributed by atoms with Crippen LogP contribution in [0.1, 0.15) is 32.1 Å². The third-order valence-electron chi connectivity index (χ3n) is 6.60. The van der Waals surface area contributed by atoms with Crippen LogP contribution in [0.3, 0.4) is 0 Å². The highest BCUT2D eigenvalue weighted by atomic mass is 32.2. The maximum Gasteiger partial charge on any atom is 0.241 e. The lowest BCUT2D eigenvalue weighted by molar-refractivity contribution is -0.122. The molecule has 0 aliphatic carbocycles. The average molecular weight is 500 g/mol. The molecule has 0 saturated carbocycles. The normalized spacial score (nSPS) is 17.1. The lowest BCUT2D eigenvalue weighted by Crippen LogP contribution is -2.39. The largest absolute Gasteiger partial charge is 0.372 e. The molecule has 0 spiro atoms. The standard InChI is InChI=1S/C25H33N5O4S/c26-25(32)19-12-16-30(17-13-19)23-7-3-2-6-22(23)27-24(31)18-35(33,34)28-20-8-10-21(11-9-20)29-14-4-1-5-15-29/h2-3,6-11,19,28H,1,4-5,12-18H2,(H2,26,32)(H,27,31). The molecule has 2 amide bonds. The van der Waals surface area contributed by atoms with Crippen molar-refractivity contribution in [3.8, 4) is 0 Å². The van der Waals surface area contributed by atoms with Crippen LogP contribution in [0.5, 0.6) is 0 Å². The molecular formula is C25H33N5O4S. The van der Waals surface area contributed by atoms with E-state index in [1.165, 1.54) is 6.42 Å². The van der Waals surface area contributed by atoms with E-state index < -0.39 is 21.7 Å². The Morgan fingerprint density at radius 1 is 0.886 bits per heavy atom. The van der Waals surface area contributed by atoms with Gasteiger partial charge in [0.1, 0.15) is 5.75 Å². The molecule has 188 valence electrons. The number of nitrogens with one attached hydrogen (secondary N) is 2. The Hall–Kier alpha value is -3.27. The van der Waals surface area contributed by atoms with Gasteiger partial charge in [0.2, 0.25) is 21.8 Å². The number of hydrogen-bond acceptors (Lipinski definition) is 6. The molecule has 4 N–H and O–H groups in total. The van der Waals surface area contributed by atoms with Crippen LogP contribution in [-0.2, 0) is 19.6 Å². The minimum atomic E-state index is -3.89. The highest BCUT2D eigenvalue weighted by Gasteiger charge is 2.25. The van der Waals surface area contributed by atoms with Gasteiger partial charge in [-0.1, -0.05) is 12.1 Å².